The molecular formula is C2H4BiO3. The summed E-state index contributed by atoms with van der Waals surface area (Å²) in [6.45, 7) is 1.08. The number of carboxylic acids is 1. The summed E-state index contributed by atoms with van der Waals surface area (Å²) in [5.74, 6) is -0.833. The van der Waals surface area contributed by atoms with E-state index in [1.165, 1.54) is 0 Å². The van der Waals surface area contributed by atoms with Crippen molar-refractivity contribution in [3.05, 3.63) is 0 Å². The number of hydrogen-bond acceptors (Lipinski definition) is 2. The number of hydrogen-bond donors (Lipinski definition) is 1. The summed E-state index contributed by atoms with van der Waals surface area (Å²) in [5.41, 5.74) is 0. The van der Waals surface area contributed by atoms with Gasteiger partial charge in [0.2, 0.25) is 0 Å². The molecule has 0 saturated heterocycles. The average Bonchev–Trinajstić information content (AvgIpc) is 1.41. The van der Waals surface area contributed by atoms with Gasteiger partial charge in [-0.1, -0.05) is 0 Å². The Morgan fingerprint density at radius 1 is 1.67 bits per heavy atom. The van der Waals surface area contributed by atoms with E-state index in [0.717, 1.165) is 6.92 Å². The molecule has 0 amide bonds. The van der Waals surface area contributed by atoms with Crippen molar-refractivity contribution < 1.29 is 12.7 Å². The third-order valence-corrected chi connectivity index (χ3v) is 0. The van der Waals surface area contributed by atoms with Gasteiger partial charge in [-0.3, -0.25) is 4.79 Å². The summed E-state index contributed by atoms with van der Waals surface area (Å²) in [7, 11) is 0. The fourth-order valence-electron chi connectivity index (χ4n) is 0. The van der Waals surface area contributed by atoms with Gasteiger partial charge in [-0.2, -0.15) is 0 Å². The summed E-state index contributed by atoms with van der Waals surface area (Å²) in [6.07, 6.45) is 0. The van der Waals surface area contributed by atoms with Gasteiger partial charge in [-0.25, -0.2) is 0 Å². The number of rotatable bonds is 0. The Morgan fingerprint density at radius 2 is 1.67 bits per heavy atom. The van der Waals surface area contributed by atoms with Crippen LogP contribution in [0.1, 0.15) is 6.92 Å². The third kappa shape index (κ3) is 1760. The molecule has 4 heteroatoms. The molecule has 0 fully saturated rings. The van der Waals surface area contributed by atoms with E-state index in [1.807, 2.05) is 0 Å². The van der Waals surface area contributed by atoms with Crippen LogP contribution in [0.25, 0.3) is 0 Å². The Morgan fingerprint density at radius 3 is 1.67 bits per heavy atom. The quantitative estimate of drug-likeness (QED) is 0.616. The van der Waals surface area contributed by atoms with E-state index in [-0.39, 0.29) is 24.7 Å². The molecule has 0 aliphatic heterocycles. The van der Waals surface area contributed by atoms with Crippen molar-refractivity contribution in [3.8, 4) is 0 Å². The van der Waals surface area contributed by atoms with Gasteiger partial charge in [-0.15, -0.1) is 0 Å². The van der Waals surface area contributed by atoms with Crippen LogP contribution in [0.5, 0.6) is 0 Å². The minimum atomic E-state index is -0.833. The molecule has 0 aromatic rings. The molecule has 3 nitrogen and oxygen atoms in total. The Balaban J connectivity index is 0. The van der Waals surface area contributed by atoms with Gasteiger partial charge in [0.25, 0.3) is 5.97 Å². The monoisotopic (exact) mass is 285 g/mol. The van der Waals surface area contributed by atoms with Gasteiger partial charge in [0.15, 0.2) is 0 Å². The predicted molar refractivity (Wildman–Crippen MR) is 19.8 cm³/mol. The summed E-state index contributed by atoms with van der Waals surface area (Å²) in [5, 5.41) is 7.42. The van der Waals surface area contributed by atoms with Crippen LogP contribution in [-0.4, -0.2) is 35.8 Å². The van der Waals surface area contributed by atoms with E-state index in [2.05, 4.69) is 0 Å². The average molecular weight is 285 g/mol. The van der Waals surface area contributed by atoms with Crippen molar-refractivity contribution in [2.45, 2.75) is 6.92 Å². The van der Waals surface area contributed by atoms with Crippen LogP contribution in [0.4, 0.5) is 0 Å². The Bertz CT molecular complexity index is 40.1. The molecule has 6 heavy (non-hydrogen) atoms. The van der Waals surface area contributed by atoms with Crippen LogP contribution in [0.3, 0.4) is 0 Å². The van der Waals surface area contributed by atoms with Crippen LogP contribution in [0.15, 0.2) is 0 Å². The number of aliphatic carboxylic acids is 1. The summed E-state index contributed by atoms with van der Waals surface area (Å²) < 4.78 is 8.36. The van der Waals surface area contributed by atoms with Crippen molar-refractivity contribution in [1.29, 1.82) is 0 Å². The zero-order valence-electron chi connectivity index (χ0n) is 3.21. The first kappa shape index (κ1) is 9.47. The Hall–Kier alpha value is 0.153. The molecule has 35 valence electrons. The molecule has 0 aliphatic rings. The standard InChI is InChI=1S/C2H4O2.Bi.O/c1-2(3)4;;/h1H3,(H,3,4);;. The molecule has 0 atom stereocenters. The number of carboxylic acid groups (broad SMARTS) is 1. The van der Waals surface area contributed by atoms with Gasteiger partial charge in [0.1, 0.15) is 0 Å². The van der Waals surface area contributed by atoms with Crippen LogP contribution in [-0.2, 0) is 7.61 Å². The first-order valence-electron chi connectivity index (χ1n) is 1.11. The zero-order valence-corrected chi connectivity index (χ0v) is 6.69. The van der Waals surface area contributed by atoms with Crippen LogP contribution in [0.2, 0.25) is 0 Å². The van der Waals surface area contributed by atoms with Crippen LogP contribution < -0.4 is 0 Å². The maximum absolute atomic E-state index is 9.00. The first-order valence-corrected chi connectivity index (χ1v) is 2.53. The fourth-order valence-corrected chi connectivity index (χ4v) is 0. The van der Waals surface area contributed by atoms with E-state index >= 15 is 0 Å². The van der Waals surface area contributed by atoms with E-state index < -0.39 is 5.97 Å². The van der Waals surface area contributed by atoms with Crippen molar-refractivity contribution in [1.82, 2.24) is 0 Å². The molecule has 1 N–H and O–H groups in total. The van der Waals surface area contributed by atoms with E-state index in [9.17, 15) is 0 Å². The second kappa shape index (κ2) is 8.94. The SMILES string of the molecule is CC(=O)O.[O]=[Bi]. The van der Waals surface area contributed by atoms with Crippen LogP contribution in [0, 0.1) is 0 Å². The molecule has 0 aromatic carbocycles. The molecule has 0 bridgehead atoms. The molecule has 0 aliphatic carbocycles. The van der Waals surface area contributed by atoms with E-state index in [0.29, 0.717) is 0 Å². The first-order chi connectivity index (χ1) is 2.73. The van der Waals surface area contributed by atoms with Gasteiger partial charge in [0, 0.05) is 6.92 Å². The maximum atomic E-state index is 9.00. The second-order valence-electron chi connectivity index (χ2n) is 0.519. The summed E-state index contributed by atoms with van der Waals surface area (Å²) in [6, 6.07) is 0. The molecule has 0 unspecified atom stereocenters. The van der Waals surface area contributed by atoms with E-state index in [1.54, 1.807) is 0 Å². The normalized spacial score (nSPS) is 4.83. The van der Waals surface area contributed by atoms with Crippen molar-refractivity contribution in [2.75, 3.05) is 0 Å². The second-order valence-corrected chi connectivity index (χ2v) is 0.519. The van der Waals surface area contributed by atoms with Crippen molar-refractivity contribution in [2.24, 2.45) is 0 Å². The van der Waals surface area contributed by atoms with Gasteiger partial charge >= 0.3 is 27.5 Å². The topological polar surface area (TPSA) is 54.4 Å². The van der Waals surface area contributed by atoms with Crippen molar-refractivity contribution >= 4 is 30.7 Å². The Kier molecular flexibility index (Phi) is 14.1. The minimum absolute atomic E-state index is 0.194. The van der Waals surface area contributed by atoms with E-state index in [4.69, 9.17) is 12.7 Å². The fraction of sp³-hybridized carbons (Fsp3) is 0.500. The predicted octanol–water partition coefficient (Wildman–Crippen LogP) is -0.409. The molecule has 0 rings (SSSR count). The van der Waals surface area contributed by atoms with Crippen LogP contribution >= 0.6 is 0 Å². The molecule has 0 spiro atoms. The molecule has 0 heterocycles. The zero-order chi connectivity index (χ0) is 5.58. The summed E-state index contributed by atoms with van der Waals surface area (Å²) in [4.78, 5) is 9.00. The molecular weight excluding hydrogens is 281 g/mol. The molecule has 0 saturated carbocycles. The third-order valence-electron chi connectivity index (χ3n) is 0. The van der Waals surface area contributed by atoms with Crippen molar-refractivity contribution in [3.63, 3.8) is 0 Å². The van der Waals surface area contributed by atoms with Gasteiger partial charge in [0.05, 0.1) is 0 Å². The summed E-state index contributed by atoms with van der Waals surface area (Å²) >= 11 is 0.194. The molecule has 0 aromatic heterocycles. The molecule has 1 radical (unpaired) electrons. The van der Waals surface area contributed by atoms with Gasteiger partial charge < -0.3 is 5.11 Å². The number of carbonyl (C=O) groups is 1. The Labute approximate surface area is 50.6 Å². The van der Waals surface area contributed by atoms with Gasteiger partial charge in [-0.05, 0) is 0 Å².